The predicted molar refractivity (Wildman–Crippen MR) is 95.3 cm³/mol. The van der Waals surface area contributed by atoms with Gasteiger partial charge in [-0.2, -0.15) is 0 Å². The van der Waals surface area contributed by atoms with Crippen molar-refractivity contribution in [3.05, 3.63) is 29.8 Å². The van der Waals surface area contributed by atoms with Crippen LogP contribution >= 0.6 is 0 Å². The summed E-state index contributed by atoms with van der Waals surface area (Å²) in [6.45, 7) is 4.79. The highest BCUT2D eigenvalue weighted by Crippen LogP contribution is 2.10. The Balaban J connectivity index is 2.21. The number of ether oxygens (including phenoxy) is 2. The maximum Gasteiger partial charge on any atom is 0.239 e. The number of nitrogens with zero attached hydrogens (tertiary/aromatic N) is 1. The molecule has 0 saturated carbocycles. The zero-order valence-corrected chi connectivity index (χ0v) is 14.7. The molecule has 0 aromatic heterocycles. The smallest absolute Gasteiger partial charge is 0.239 e. The lowest BCUT2D eigenvalue weighted by Gasteiger charge is -2.12. The molecule has 3 N–H and O–H groups in total. The quantitative estimate of drug-likeness (QED) is 0.336. The largest absolute Gasteiger partial charge is 0.497 e. The van der Waals surface area contributed by atoms with Crippen LogP contribution in [0.1, 0.15) is 18.9 Å². The van der Waals surface area contributed by atoms with Crippen molar-refractivity contribution in [1.29, 1.82) is 0 Å². The Morgan fingerprint density at radius 2 is 1.92 bits per heavy atom. The summed E-state index contributed by atoms with van der Waals surface area (Å²) >= 11 is 0. The lowest BCUT2D eigenvalue weighted by atomic mass is 10.2. The molecule has 0 atom stereocenters. The molecule has 7 nitrogen and oxygen atoms in total. The molecule has 0 aliphatic carbocycles. The fraction of sp³-hybridized carbons (Fsp3) is 0.529. The minimum atomic E-state index is -0.0944. The number of carbonyl (C=O) groups is 1. The third-order valence-corrected chi connectivity index (χ3v) is 3.25. The minimum Gasteiger partial charge on any atom is -0.497 e. The number of nitrogens with one attached hydrogen (secondary N) is 3. The Morgan fingerprint density at radius 1 is 1.17 bits per heavy atom. The van der Waals surface area contributed by atoms with E-state index in [1.54, 1.807) is 14.2 Å². The first-order chi connectivity index (χ1) is 11.7. The Bertz CT molecular complexity index is 503. The Hall–Kier alpha value is -2.28. The fourth-order valence-corrected chi connectivity index (χ4v) is 1.92. The van der Waals surface area contributed by atoms with Gasteiger partial charge in [0, 0.05) is 33.4 Å². The molecule has 0 fully saturated rings. The minimum absolute atomic E-state index is 0.0944. The van der Waals surface area contributed by atoms with Crippen molar-refractivity contribution in [2.24, 2.45) is 4.99 Å². The number of aliphatic imine (C=N–C) groups is 1. The van der Waals surface area contributed by atoms with Gasteiger partial charge in [0.05, 0.1) is 13.7 Å². The molecule has 24 heavy (non-hydrogen) atoms. The molecule has 1 aromatic carbocycles. The zero-order valence-electron chi connectivity index (χ0n) is 14.7. The molecule has 0 heterocycles. The van der Waals surface area contributed by atoms with E-state index in [-0.39, 0.29) is 12.5 Å². The van der Waals surface area contributed by atoms with Crippen molar-refractivity contribution < 1.29 is 14.3 Å². The second-order valence-electron chi connectivity index (χ2n) is 5.03. The van der Waals surface area contributed by atoms with E-state index in [1.807, 2.05) is 31.2 Å². The summed E-state index contributed by atoms with van der Waals surface area (Å²) in [4.78, 5) is 15.9. The van der Waals surface area contributed by atoms with Crippen molar-refractivity contribution in [1.82, 2.24) is 16.0 Å². The molecule has 0 bridgehead atoms. The fourth-order valence-electron chi connectivity index (χ4n) is 1.92. The number of guanidine groups is 1. The number of benzene rings is 1. The van der Waals surface area contributed by atoms with Gasteiger partial charge in [-0.1, -0.05) is 12.1 Å². The highest BCUT2D eigenvalue weighted by Gasteiger charge is 2.03. The second-order valence-corrected chi connectivity index (χ2v) is 5.03. The summed E-state index contributed by atoms with van der Waals surface area (Å²) in [6, 6.07) is 7.58. The summed E-state index contributed by atoms with van der Waals surface area (Å²) in [5.74, 6) is 1.31. The summed E-state index contributed by atoms with van der Waals surface area (Å²) in [5, 5.41) is 8.97. The van der Waals surface area contributed by atoms with Crippen LogP contribution in [-0.2, 0) is 16.1 Å². The van der Waals surface area contributed by atoms with Gasteiger partial charge in [0.25, 0.3) is 0 Å². The maximum atomic E-state index is 11.9. The van der Waals surface area contributed by atoms with Gasteiger partial charge in [-0.15, -0.1) is 0 Å². The van der Waals surface area contributed by atoms with Gasteiger partial charge in [-0.3, -0.25) is 9.79 Å². The van der Waals surface area contributed by atoms with E-state index in [9.17, 15) is 4.79 Å². The zero-order chi connectivity index (χ0) is 17.6. The first-order valence-corrected chi connectivity index (χ1v) is 8.11. The van der Waals surface area contributed by atoms with Gasteiger partial charge in [-0.25, -0.2) is 0 Å². The molecule has 0 aliphatic rings. The van der Waals surface area contributed by atoms with Gasteiger partial charge in [-0.05, 0) is 31.0 Å². The molecule has 0 unspecified atom stereocenters. The number of rotatable bonds is 10. The predicted octanol–water partition coefficient (Wildman–Crippen LogP) is 0.903. The Labute approximate surface area is 143 Å². The average molecular weight is 336 g/mol. The topological polar surface area (TPSA) is 84.0 Å². The van der Waals surface area contributed by atoms with Gasteiger partial charge in [0.1, 0.15) is 5.75 Å². The number of amides is 1. The van der Waals surface area contributed by atoms with Crippen molar-refractivity contribution >= 4 is 11.9 Å². The highest BCUT2D eigenvalue weighted by atomic mass is 16.5. The van der Waals surface area contributed by atoms with Gasteiger partial charge in [0.15, 0.2) is 5.96 Å². The molecule has 0 radical (unpaired) electrons. The van der Waals surface area contributed by atoms with Crippen LogP contribution in [0.3, 0.4) is 0 Å². The van der Waals surface area contributed by atoms with Crippen molar-refractivity contribution in [3.8, 4) is 5.75 Å². The van der Waals surface area contributed by atoms with Crippen LogP contribution in [0, 0.1) is 0 Å². The summed E-state index contributed by atoms with van der Waals surface area (Å²) < 4.78 is 10.4. The summed E-state index contributed by atoms with van der Waals surface area (Å²) in [6.07, 6.45) is 0.887. The van der Waals surface area contributed by atoms with Crippen LogP contribution in [0.15, 0.2) is 29.3 Å². The third kappa shape index (κ3) is 8.38. The molecular weight excluding hydrogens is 308 g/mol. The summed E-state index contributed by atoms with van der Waals surface area (Å²) in [7, 11) is 3.30. The first kappa shape index (κ1) is 19.8. The van der Waals surface area contributed by atoms with Crippen LogP contribution in [0.2, 0.25) is 0 Å². The van der Waals surface area contributed by atoms with E-state index in [2.05, 4.69) is 20.9 Å². The Kier molecular flexibility index (Phi) is 10.0. The lowest BCUT2D eigenvalue weighted by Crippen LogP contribution is -2.43. The molecule has 134 valence electrons. The monoisotopic (exact) mass is 336 g/mol. The van der Waals surface area contributed by atoms with E-state index in [0.29, 0.717) is 19.1 Å². The van der Waals surface area contributed by atoms with Crippen molar-refractivity contribution in [2.45, 2.75) is 19.9 Å². The molecule has 0 saturated heterocycles. The van der Waals surface area contributed by atoms with Crippen LogP contribution in [-0.4, -0.2) is 52.3 Å². The molecule has 7 heteroatoms. The van der Waals surface area contributed by atoms with E-state index < -0.39 is 0 Å². The molecule has 1 amide bonds. The van der Waals surface area contributed by atoms with Crippen LogP contribution < -0.4 is 20.7 Å². The number of methoxy groups -OCH3 is 1. The van der Waals surface area contributed by atoms with Crippen molar-refractivity contribution in [2.75, 3.05) is 40.5 Å². The van der Waals surface area contributed by atoms with E-state index in [4.69, 9.17) is 9.47 Å². The van der Waals surface area contributed by atoms with Gasteiger partial charge >= 0.3 is 0 Å². The lowest BCUT2D eigenvalue weighted by molar-refractivity contribution is -0.120. The van der Waals surface area contributed by atoms with Gasteiger partial charge in [0.2, 0.25) is 5.91 Å². The van der Waals surface area contributed by atoms with Crippen molar-refractivity contribution in [3.63, 3.8) is 0 Å². The number of hydrogen-bond donors (Lipinski definition) is 3. The average Bonchev–Trinajstić information content (AvgIpc) is 2.62. The number of hydrogen-bond acceptors (Lipinski definition) is 4. The molecule has 0 spiro atoms. The maximum absolute atomic E-state index is 11.9. The van der Waals surface area contributed by atoms with Crippen LogP contribution in [0.5, 0.6) is 5.75 Å². The first-order valence-electron chi connectivity index (χ1n) is 8.11. The standard InChI is InChI=1S/C17H28N4O3/c1-4-24-11-5-10-19-17(18-2)21-13-16(22)20-12-14-6-8-15(23-3)9-7-14/h6-9H,4-5,10-13H2,1-3H3,(H,20,22)(H2,18,19,21). The van der Waals surface area contributed by atoms with E-state index in [0.717, 1.165) is 30.9 Å². The number of carbonyl (C=O) groups excluding carboxylic acids is 1. The van der Waals surface area contributed by atoms with Crippen LogP contribution in [0.25, 0.3) is 0 Å². The molecule has 1 rings (SSSR count). The normalized spacial score (nSPS) is 11.0. The molecular formula is C17H28N4O3. The third-order valence-electron chi connectivity index (χ3n) is 3.25. The van der Waals surface area contributed by atoms with E-state index in [1.165, 1.54) is 0 Å². The molecule has 0 aliphatic heterocycles. The SMILES string of the molecule is CCOCCCNC(=NC)NCC(=O)NCc1ccc(OC)cc1. The Morgan fingerprint density at radius 3 is 2.54 bits per heavy atom. The second kappa shape index (κ2) is 12.2. The van der Waals surface area contributed by atoms with E-state index >= 15 is 0 Å². The summed E-state index contributed by atoms with van der Waals surface area (Å²) in [5.41, 5.74) is 1.02. The van der Waals surface area contributed by atoms with Gasteiger partial charge < -0.3 is 25.4 Å². The molecule has 1 aromatic rings. The van der Waals surface area contributed by atoms with Crippen LogP contribution in [0.4, 0.5) is 0 Å². The highest BCUT2D eigenvalue weighted by molar-refractivity contribution is 5.86.